The fourth-order valence-corrected chi connectivity index (χ4v) is 5.13. The van der Waals surface area contributed by atoms with Crippen LogP contribution in [0.15, 0.2) is 41.2 Å². The summed E-state index contributed by atoms with van der Waals surface area (Å²) >= 11 is 0. The van der Waals surface area contributed by atoms with E-state index in [0.29, 0.717) is 25.1 Å². The molecule has 6 rings (SSSR count). The second-order valence-electron chi connectivity index (χ2n) is 9.51. The number of H-pyrrole nitrogens is 1. The van der Waals surface area contributed by atoms with Gasteiger partial charge in [0.1, 0.15) is 11.5 Å². The number of halogens is 2. The topological polar surface area (TPSA) is 71.0 Å². The van der Waals surface area contributed by atoms with Gasteiger partial charge in [-0.1, -0.05) is 30.4 Å². The lowest BCUT2D eigenvalue weighted by Crippen LogP contribution is -2.30. The van der Waals surface area contributed by atoms with E-state index in [1.807, 2.05) is 29.2 Å². The van der Waals surface area contributed by atoms with Crippen molar-refractivity contribution in [1.29, 1.82) is 0 Å². The fraction of sp³-hybridized carbons (Fsp3) is 0.346. The largest absolute Gasteiger partial charge is 0.348 e. The third kappa shape index (κ3) is 3.67. The van der Waals surface area contributed by atoms with Crippen molar-refractivity contribution in [2.75, 3.05) is 13.1 Å². The van der Waals surface area contributed by atoms with Crippen LogP contribution in [0.3, 0.4) is 0 Å². The van der Waals surface area contributed by atoms with E-state index in [4.69, 9.17) is 0 Å². The van der Waals surface area contributed by atoms with Crippen molar-refractivity contribution in [3.8, 4) is 16.8 Å². The molecule has 174 valence electrons. The third-order valence-corrected chi connectivity index (χ3v) is 7.09. The van der Waals surface area contributed by atoms with Crippen molar-refractivity contribution in [3.05, 3.63) is 75.5 Å². The summed E-state index contributed by atoms with van der Waals surface area (Å²) in [4.78, 5) is 26.7. The van der Waals surface area contributed by atoms with Gasteiger partial charge in [0.05, 0.1) is 0 Å². The van der Waals surface area contributed by atoms with E-state index in [9.17, 15) is 9.59 Å². The van der Waals surface area contributed by atoms with Gasteiger partial charge >= 0.3 is 5.69 Å². The van der Waals surface area contributed by atoms with Crippen molar-refractivity contribution in [2.24, 2.45) is 11.8 Å². The smallest absolute Gasteiger partial charge is 0.342 e. The van der Waals surface area contributed by atoms with Gasteiger partial charge in [0.2, 0.25) is 5.91 Å². The quantitative estimate of drug-likeness (QED) is 0.626. The normalized spacial score (nSPS) is 19.1. The molecule has 1 saturated heterocycles. The number of allylic oxidation sites excluding steroid dienone is 1. The summed E-state index contributed by atoms with van der Waals surface area (Å²) in [5, 5.41) is 6.39. The second-order valence-corrected chi connectivity index (χ2v) is 9.51. The van der Waals surface area contributed by atoms with Crippen LogP contribution in [0, 0.1) is 23.5 Å². The van der Waals surface area contributed by atoms with E-state index in [-0.39, 0.29) is 23.6 Å². The van der Waals surface area contributed by atoms with Gasteiger partial charge in [-0.3, -0.25) is 4.79 Å². The molecule has 1 N–H and O–H groups in total. The number of likely N-dealkylation sites (tertiary alicyclic amines) is 1. The highest BCUT2D eigenvalue weighted by Gasteiger charge is 2.37. The number of nitrogens with one attached hydrogen (secondary N) is 1. The van der Waals surface area contributed by atoms with Crippen molar-refractivity contribution < 1.29 is 13.6 Å². The summed E-state index contributed by atoms with van der Waals surface area (Å²) in [6.07, 6.45) is 7.91. The molecule has 8 heteroatoms. The molecule has 1 aromatic heterocycles. The number of nitrogens with zero attached hydrogens (tertiary/aromatic N) is 3. The van der Waals surface area contributed by atoms with Crippen molar-refractivity contribution in [3.63, 3.8) is 0 Å². The van der Waals surface area contributed by atoms with Gasteiger partial charge in [0.25, 0.3) is 0 Å². The number of fused-ring (bicyclic) bond motifs is 1. The second kappa shape index (κ2) is 8.04. The van der Waals surface area contributed by atoms with E-state index in [2.05, 4.69) is 16.3 Å². The standard InChI is InChI=1S/C26H24F2N4O2/c27-21-12-20(19-7-4-16-2-1-3-18(16)11-19)13-22(28)24(21)32-23(29-30-26(32)34)10-15-8-9-31(14-15)25(33)17-5-6-17/h1-2,4,7,11-13,15,17H,3,5-6,8-10,14H2,(H,30,34)/t15-/m0/s1. The number of aromatic amines is 1. The molecule has 2 heterocycles. The lowest BCUT2D eigenvalue weighted by molar-refractivity contribution is -0.131. The molecule has 0 radical (unpaired) electrons. The lowest BCUT2D eigenvalue weighted by Gasteiger charge is -2.16. The van der Waals surface area contributed by atoms with Gasteiger partial charge in [-0.15, -0.1) is 0 Å². The molecular weight excluding hydrogens is 438 g/mol. The Hall–Kier alpha value is -3.55. The van der Waals surface area contributed by atoms with Gasteiger partial charge in [-0.25, -0.2) is 23.2 Å². The van der Waals surface area contributed by atoms with Crippen LogP contribution < -0.4 is 5.69 Å². The van der Waals surface area contributed by atoms with Gasteiger partial charge in [-0.2, -0.15) is 5.10 Å². The Bertz CT molecular complexity index is 1360. The first-order valence-electron chi connectivity index (χ1n) is 11.7. The molecule has 2 aliphatic carbocycles. The number of hydrogen-bond donors (Lipinski definition) is 1. The molecule has 3 aliphatic rings. The summed E-state index contributed by atoms with van der Waals surface area (Å²) in [6.45, 7) is 1.25. The zero-order valence-electron chi connectivity index (χ0n) is 18.6. The Morgan fingerprint density at radius 1 is 1.09 bits per heavy atom. The number of benzene rings is 2. The maximum atomic E-state index is 15.3. The van der Waals surface area contributed by atoms with E-state index < -0.39 is 23.0 Å². The Balaban J connectivity index is 1.28. The molecule has 1 aliphatic heterocycles. The molecule has 0 bridgehead atoms. The number of carbonyl (C=O) groups is 1. The zero-order chi connectivity index (χ0) is 23.4. The minimum atomic E-state index is -0.824. The van der Waals surface area contributed by atoms with Crippen LogP contribution >= 0.6 is 0 Å². The molecule has 0 unspecified atom stereocenters. The average Bonchev–Trinajstić information content (AvgIpc) is 3.21. The highest BCUT2D eigenvalue weighted by molar-refractivity contribution is 5.81. The molecule has 34 heavy (non-hydrogen) atoms. The van der Waals surface area contributed by atoms with E-state index in [1.165, 1.54) is 12.1 Å². The van der Waals surface area contributed by atoms with Gasteiger partial charge in [0.15, 0.2) is 11.6 Å². The van der Waals surface area contributed by atoms with Crippen molar-refractivity contribution >= 4 is 12.0 Å². The number of aromatic nitrogens is 3. The van der Waals surface area contributed by atoms with Gasteiger partial charge in [-0.05, 0) is 66.0 Å². The number of amides is 1. The van der Waals surface area contributed by atoms with Crippen LogP contribution in [-0.4, -0.2) is 38.7 Å². The summed E-state index contributed by atoms with van der Waals surface area (Å²) in [7, 11) is 0. The van der Waals surface area contributed by atoms with Crippen LogP contribution in [0.2, 0.25) is 0 Å². The zero-order valence-corrected chi connectivity index (χ0v) is 18.6. The fourth-order valence-electron chi connectivity index (χ4n) is 5.13. The van der Waals surface area contributed by atoms with Crippen LogP contribution in [0.5, 0.6) is 0 Å². The monoisotopic (exact) mass is 462 g/mol. The highest BCUT2D eigenvalue weighted by atomic mass is 19.1. The summed E-state index contributed by atoms with van der Waals surface area (Å²) < 4.78 is 31.5. The predicted octanol–water partition coefficient (Wildman–Crippen LogP) is 3.88. The predicted molar refractivity (Wildman–Crippen MR) is 123 cm³/mol. The average molecular weight is 463 g/mol. The van der Waals surface area contributed by atoms with E-state index >= 15 is 8.78 Å². The first-order chi connectivity index (χ1) is 16.5. The number of rotatable bonds is 5. The minimum Gasteiger partial charge on any atom is -0.342 e. The summed E-state index contributed by atoms with van der Waals surface area (Å²) in [6, 6.07) is 8.24. The van der Waals surface area contributed by atoms with E-state index in [1.54, 1.807) is 0 Å². The van der Waals surface area contributed by atoms with Crippen LogP contribution in [0.25, 0.3) is 22.9 Å². The maximum Gasteiger partial charge on any atom is 0.348 e. The number of hydrogen-bond acceptors (Lipinski definition) is 3. The molecule has 1 atom stereocenters. The van der Waals surface area contributed by atoms with E-state index in [0.717, 1.165) is 46.9 Å². The van der Waals surface area contributed by atoms with Crippen LogP contribution in [-0.2, 0) is 17.6 Å². The SMILES string of the molecule is O=C(C1CC1)N1CC[C@@H](Cc2n[nH]c(=O)n2-c2c(F)cc(-c3ccc4c(c3)CC=C4)cc2F)C1. The highest BCUT2D eigenvalue weighted by Crippen LogP contribution is 2.34. The molecule has 1 amide bonds. The molecule has 0 spiro atoms. The molecular formula is C26H24F2N4O2. The van der Waals surface area contributed by atoms with Crippen molar-refractivity contribution in [2.45, 2.75) is 32.1 Å². The maximum absolute atomic E-state index is 15.3. The Morgan fingerprint density at radius 3 is 2.65 bits per heavy atom. The first kappa shape index (κ1) is 21.0. The van der Waals surface area contributed by atoms with Crippen molar-refractivity contribution in [1.82, 2.24) is 19.7 Å². The summed E-state index contributed by atoms with van der Waals surface area (Å²) in [5.74, 6) is -0.944. The molecule has 1 saturated carbocycles. The molecule has 6 nitrogen and oxygen atoms in total. The first-order valence-corrected chi connectivity index (χ1v) is 11.7. The van der Waals surface area contributed by atoms with Gasteiger partial charge in [0, 0.05) is 25.4 Å². The van der Waals surface area contributed by atoms with Crippen LogP contribution in [0.1, 0.15) is 36.2 Å². The molecule has 2 aromatic carbocycles. The Kier molecular flexibility index (Phi) is 4.97. The third-order valence-electron chi connectivity index (χ3n) is 7.09. The lowest BCUT2D eigenvalue weighted by atomic mass is 9.99. The van der Waals surface area contributed by atoms with Crippen LogP contribution in [0.4, 0.5) is 8.78 Å². The summed E-state index contributed by atoms with van der Waals surface area (Å²) in [5.41, 5.74) is 2.24. The Morgan fingerprint density at radius 2 is 1.88 bits per heavy atom. The minimum absolute atomic E-state index is 0.0852. The molecule has 3 aromatic rings. The Labute approximate surface area is 194 Å². The number of carbonyl (C=O) groups excluding carboxylic acids is 1. The molecule has 2 fully saturated rings. The van der Waals surface area contributed by atoms with Gasteiger partial charge < -0.3 is 4.90 Å².